The summed E-state index contributed by atoms with van der Waals surface area (Å²) in [6, 6.07) is 14.8. The number of amides is 1. The van der Waals surface area contributed by atoms with Crippen LogP contribution >= 0.6 is 0 Å². The standard InChI is InChI=1S/C26H27N5O3/c32-25-12-22(30-24-3-1-2-8-31(24)25)26(33)28-13-16-4-5-17-10-19(29-21(17)9-16)15-27-14-18-11-20-6-7-23(18)34-20/h1-5,8-10,12,18,20,23,27,29H,6-7,11,13-15H2,(H,28,33)/t18-,20-,23+/m1/s1. The van der Waals surface area contributed by atoms with Gasteiger partial charge in [0.2, 0.25) is 0 Å². The molecule has 0 saturated carbocycles. The summed E-state index contributed by atoms with van der Waals surface area (Å²) in [7, 11) is 0. The highest BCUT2D eigenvalue weighted by Crippen LogP contribution is 2.38. The smallest absolute Gasteiger partial charge is 0.270 e. The highest BCUT2D eigenvalue weighted by Gasteiger charge is 2.40. The van der Waals surface area contributed by atoms with Crippen LogP contribution in [0.25, 0.3) is 16.6 Å². The molecule has 2 fully saturated rings. The number of hydrogen-bond acceptors (Lipinski definition) is 5. The number of aromatic amines is 1. The molecule has 34 heavy (non-hydrogen) atoms. The Bertz CT molecular complexity index is 1430. The number of rotatable bonds is 7. The summed E-state index contributed by atoms with van der Waals surface area (Å²) in [6.07, 6.45) is 6.18. The second kappa shape index (κ2) is 8.70. The summed E-state index contributed by atoms with van der Waals surface area (Å²) < 4.78 is 7.35. The molecule has 3 aromatic heterocycles. The zero-order valence-electron chi connectivity index (χ0n) is 18.8. The molecule has 8 nitrogen and oxygen atoms in total. The van der Waals surface area contributed by atoms with Gasteiger partial charge in [0.1, 0.15) is 11.3 Å². The van der Waals surface area contributed by atoms with Crippen LogP contribution in [0, 0.1) is 5.92 Å². The van der Waals surface area contributed by atoms with Gasteiger partial charge in [0, 0.05) is 49.0 Å². The Morgan fingerprint density at radius 3 is 2.94 bits per heavy atom. The van der Waals surface area contributed by atoms with E-state index in [0.717, 1.165) is 35.2 Å². The number of H-pyrrole nitrogens is 1. The highest BCUT2D eigenvalue weighted by atomic mass is 16.5. The monoisotopic (exact) mass is 457 g/mol. The lowest BCUT2D eigenvalue weighted by Crippen LogP contribution is -2.29. The van der Waals surface area contributed by atoms with E-state index in [2.05, 4.69) is 32.7 Å². The molecule has 0 unspecified atom stereocenters. The Labute approximate surface area is 196 Å². The first-order valence-electron chi connectivity index (χ1n) is 11.9. The number of nitrogens with zero attached hydrogens (tertiary/aromatic N) is 2. The molecular formula is C26H27N5O3. The number of hydrogen-bond donors (Lipinski definition) is 3. The predicted octanol–water partition coefficient (Wildman–Crippen LogP) is 2.76. The second-order valence-corrected chi connectivity index (χ2v) is 9.31. The number of aromatic nitrogens is 3. The van der Waals surface area contributed by atoms with Crippen LogP contribution in [0.5, 0.6) is 0 Å². The number of pyridine rings is 1. The van der Waals surface area contributed by atoms with Crippen molar-refractivity contribution in [3.63, 3.8) is 0 Å². The van der Waals surface area contributed by atoms with Gasteiger partial charge in [0.15, 0.2) is 0 Å². The maximum Gasteiger partial charge on any atom is 0.270 e. The zero-order chi connectivity index (χ0) is 23.1. The lowest BCUT2D eigenvalue weighted by atomic mass is 9.89. The second-order valence-electron chi connectivity index (χ2n) is 9.31. The molecule has 2 aliphatic heterocycles. The summed E-state index contributed by atoms with van der Waals surface area (Å²) in [5.74, 6) is 0.260. The Morgan fingerprint density at radius 1 is 1.15 bits per heavy atom. The number of carbonyl (C=O) groups is 1. The van der Waals surface area contributed by atoms with E-state index in [-0.39, 0.29) is 17.2 Å². The van der Waals surface area contributed by atoms with Crippen molar-refractivity contribution >= 4 is 22.5 Å². The maximum atomic E-state index is 12.6. The van der Waals surface area contributed by atoms with E-state index in [1.807, 2.05) is 12.1 Å². The lowest BCUT2D eigenvalue weighted by molar-refractivity contribution is 0.0923. The SMILES string of the molecule is O=C(NCc1ccc2cc(CNC[C@H]3C[C@H]4CC[C@@H]3O4)[nH]c2c1)c1cc(=O)n2ccccc2n1. The van der Waals surface area contributed by atoms with Crippen molar-refractivity contribution in [2.45, 2.75) is 44.6 Å². The molecule has 174 valence electrons. The molecule has 5 heterocycles. The van der Waals surface area contributed by atoms with Gasteiger partial charge in [-0.05, 0) is 54.5 Å². The van der Waals surface area contributed by atoms with Crippen molar-refractivity contribution in [1.29, 1.82) is 0 Å². The van der Waals surface area contributed by atoms with E-state index in [4.69, 9.17) is 4.74 Å². The van der Waals surface area contributed by atoms with Gasteiger partial charge in [-0.25, -0.2) is 4.98 Å². The molecule has 1 amide bonds. The molecule has 1 aromatic carbocycles. The van der Waals surface area contributed by atoms with Crippen LogP contribution in [0.3, 0.4) is 0 Å². The fourth-order valence-electron chi connectivity index (χ4n) is 5.23. The van der Waals surface area contributed by atoms with Crippen molar-refractivity contribution < 1.29 is 9.53 Å². The summed E-state index contributed by atoms with van der Waals surface area (Å²) in [6.45, 7) is 2.12. The average Bonchev–Trinajstić information content (AvgIpc) is 3.58. The minimum absolute atomic E-state index is 0.117. The van der Waals surface area contributed by atoms with Gasteiger partial charge in [0.05, 0.1) is 12.2 Å². The van der Waals surface area contributed by atoms with Gasteiger partial charge in [0.25, 0.3) is 11.5 Å². The first-order chi connectivity index (χ1) is 16.6. The Kier molecular flexibility index (Phi) is 5.39. The molecule has 2 saturated heterocycles. The van der Waals surface area contributed by atoms with Crippen LogP contribution in [-0.2, 0) is 17.8 Å². The molecule has 2 aliphatic rings. The quantitative estimate of drug-likeness (QED) is 0.396. The van der Waals surface area contributed by atoms with Crippen LogP contribution < -0.4 is 16.2 Å². The first-order valence-corrected chi connectivity index (χ1v) is 11.9. The van der Waals surface area contributed by atoms with E-state index in [1.54, 1.807) is 24.4 Å². The van der Waals surface area contributed by atoms with Crippen LogP contribution in [0.15, 0.2) is 59.5 Å². The van der Waals surface area contributed by atoms with Crippen molar-refractivity contribution in [3.05, 3.63) is 82.0 Å². The van der Waals surface area contributed by atoms with Gasteiger partial charge in [-0.3, -0.25) is 14.0 Å². The van der Waals surface area contributed by atoms with Gasteiger partial charge in [-0.2, -0.15) is 0 Å². The van der Waals surface area contributed by atoms with Crippen molar-refractivity contribution in [1.82, 2.24) is 25.0 Å². The first kappa shape index (κ1) is 21.1. The predicted molar refractivity (Wildman–Crippen MR) is 129 cm³/mol. The third-order valence-corrected chi connectivity index (χ3v) is 6.95. The molecule has 4 aromatic rings. The van der Waals surface area contributed by atoms with Crippen LogP contribution in [-0.4, -0.2) is 39.0 Å². The van der Waals surface area contributed by atoms with E-state index in [0.29, 0.717) is 30.3 Å². The van der Waals surface area contributed by atoms with E-state index >= 15 is 0 Å². The van der Waals surface area contributed by atoms with E-state index < -0.39 is 0 Å². The van der Waals surface area contributed by atoms with Gasteiger partial charge in [-0.1, -0.05) is 18.2 Å². The normalized spacial score (nSPS) is 21.5. The number of benzene rings is 1. The van der Waals surface area contributed by atoms with Crippen molar-refractivity contribution in [3.8, 4) is 0 Å². The Balaban J connectivity index is 1.07. The van der Waals surface area contributed by atoms with Gasteiger partial charge < -0.3 is 20.4 Å². The molecule has 0 spiro atoms. The average molecular weight is 458 g/mol. The van der Waals surface area contributed by atoms with Crippen molar-refractivity contribution in [2.24, 2.45) is 5.92 Å². The number of fused-ring (bicyclic) bond motifs is 4. The highest BCUT2D eigenvalue weighted by molar-refractivity contribution is 5.92. The number of nitrogens with one attached hydrogen (secondary N) is 3. The lowest BCUT2D eigenvalue weighted by Gasteiger charge is -2.18. The van der Waals surface area contributed by atoms with E-state index in [1.165, 1.54) is 29.7 Å². The Hall–Kier alpha value is -3.49. The summed E-state index contributed by atoms with van der Waals surface area (Å²) in [4.78, 5) is 32.6. The fourth-order valence-corrected chi connectivity index (χ4v) is 5.23. The van der Waals surface area contributed by atoms with Crippen LogP contribution in [0.2, 0.25) is 0 Å². The Morgan fingerprint density at radius 2 is 2.09 bits per heavy atom. The molecular weight excluding hydrogens is 430 g/mol. The molecule has 6 rings (SSSR count). The van der Waals surface area contributed by atoms with E-state index in [9.17, 15) is 9.59 Å². The molecule has 3 atom stereocenters. The van der Waals surface area contributed by atoms with Crippen LogP contribution in [0.1, 0.15) is 41.0 Å². The third kappa shape index (κ3) is 4.10. The summed E-state index contributed by atoms with van der Waals surface area (Å²) in [5, 5.41) is 7.59. The topological polar surface area (TPSA) is 101 Å². The molecule has 0 radical (unpaired) electrons. The molecule has 8 heteroatoms. The largest absolute Gasteiger partial charge is 0.375 e. The molecule has 0 aliphatic carbocycles. The fraction of sp³-hybridized carbons (Fsp3) is 0.346. The van der Waals surface area contributed by atoms with Crippen molar-refractivity contribution in [2.75, 3.05) is 6.54 Å². The molecule has 2 bridgehead atoms. The third-order valence-electron chi connectivity index (χ3n) is 6.95. The molecule has 3 N–H and O–H groups in total. The minimum Gasteiger partial charge on any atom is -0.375 e. The van der Waals surface area contributed by atoms with Crippen LogP contribution in [0.4, 0.5) is 0 Å². The van der Waals surface area contributed by atoms with Gasteiger partial charge >= 0.3 is 0 Å². The minimum atomic E-state index is -0.371. The number of carbonyl (C=O) groups excluding carboxylic acids is 1. The summed E-state index contributed by atoms with van der Waals surface area (Å²) >= 11 is 0. The van der Waals surface area contributed by atoms with Gasteiger partial charge in [-0.15, -0.1) is 0 Å². The number of ether oxygens (including phenoxy) is 1. The summed E-state index contributed by atoms with van der Waals surface area (Å²) in [5.41, 5.74) is 3.43. The maximum absolute atomic E-state index is 12.6. The zero-order valence-corrected chi connectivity index (χ0v) is 18.8.